The standard InChI is InChI=1S/C14H23BrN4O/c1-19(2)9-3-8(4-9)18-14-13(15)11-5-10(6-16)20-12(11)7-17-14/h8-14,17-18H,3-5,7H2,1-2H3. The number of hydrogen-bond acceptors (Lipinski definition) is 5. The van der Waals surface area contributed by atoms with Crippen LogP contribution >= 0.6 is 15.9 Å². The van der Waals surface area contributed by atoms with E-state index in [0.717, 1.165) is 19.0 Å². The summed E-state index contributed by atoms with van der Waals surface area (Å²) in [6, 6.07) is 3.56. The van der Waals surface area contributed by atoms with Gasteiger partial charge in [-0.25, -0.2) is 0 Å². The van der Waals surface area contributed by atoms with Crippen molar-refractivity contribution in [1.29, 1.82) is 5.26 Å². The fraction of sp³-hybridized carbons (Fsp3) is 0.929. The van der Waals surface area contributed by atoms with Crippen molar-refractivity contribution in [1.82, 2.24) is 15.5 Å². The Labute approximate surface area is 129 Å². The molecular formula is C14H23BrN4O. The molecule has 0 aromatic heterocycles. The molecule has 0 aromatic carbocycles. The Hall–Kier alpha value is -0.190. The van der Waals surface area contributed by atoms with Gasteiger partial charge in [0.25, 0.3) is 0 Å². The van der Waals surface area contributed by atoms with Gasteiger partial charge in [0, 0.05) is 29.4 Å². The summed E-state index contributed by atoms with van der Waals surface area (Å²) in [4.78, 5) is 2.63. The summed E-state index contributed by atoms with van der Waals surface area (Å²) in [6.07, 6.45) is 3.52. The van der Waals surface area contributed by atoms with E-state index in [9.17, 15) is 0 Å². The summed E-state index contributed by atoms with van der Waals surface area (Å²) in [5, 5.41) is 16.2. The van der Waals surface area contributed by atoms with Crippen molar-refractivity contribution in [3.8, 4) is 6.07 Å². The first-order chi connectivity index (χ1) is 9.58. The average Bonchev–Trinajstić information content (AvgIpc) is 2.79. The number of ether oxygens (including phenoxy) is 1. The number of nitrogens with one attached hydrogen (secondary N) is 2. The summed E-state index contributed by atoms with van der Waals surface area (Å²) in [5.41, 5.74) is 0. The Morgan fingerprint density at radius 3 is 2.75 bits per heavy atom. The molecule has 5 nitrogen and oxygen atoms in total. The van der Waals surface area contributed by atoms with Crippen LogP contribution < -0.4 is 10.6 Å². The van der Waals surface area contributed by atoms with Gasteiger partial charge in [-0.15, -0.1) is 0 Å². The number of alkyl halides is 1. The summed E-state index contributed by atoms with van der Waals surface area (Å²) >= 11 is 3.82. The fourth-order valence-electron chi connectivity index (χ4n) is 3.54. The van der Waals surface area contributed by atoms with Crippen LogP contribution in [0.1, 0.15) is 19.3 Å². The predicted molar refractivity (Wildman–Crippen MR) is 80.5 cm³/mol. The molecule has 3 fully saturated rings. The maximum absolute atomic E-state index is 9.01. The summed E-state index contributed by atoms with van der Waals surface area (Å²) in [7, 11) is 4.30. The Balaban J connectivity index is 1.51. The van der Waals surface area contributed by atoms with E-state index >= 15 is 0 Å². The lowest BCUT2D eigenvalue weighted by atomic mass is 9.84. The predicted octanol–water partition coefficient (Wildman–Crippen LogP) is 0.659. The van der Waals surface area contributed by atoms with Crippen LogP contribution in [0.2, 0.25) is 0 Å². The van der Waals surface area contributed by atoms with Crippen LogP contribution in [0.15, 0.2) is 0 Å². The lowest BCUT2D eigenvalue weighted by Crippen LogP contribution is -2.64. The molecule has 0 radical (unpaired) electrons. The molecule has 0 bridgehead atoms. The first-order valence-electron chi connectivity index (χ1n) is 7.43. The van der Waals surface area contributed by atoms with Crippen molar-refractivity contribution in [3.05, 3.63) is 0 Å². The molecule has 2 aliphatic heterocycles. The molecule has 0 spiro atoms. The Bertz CT molecular complexity index is 393. The zero-order chi connectivity index (χ0) is 14.3. The van der Waals surface area contributed by atoms with Crippen molar-refractivity contribution >= 4 is 15.9 Å². The second kappa shape index (κ2) is 5.90. The molecule has 1 saturated carbocycles. The van der Waals surface area contributed by atoms with Gasteiger partial charge in [-0.1, -0.05) is 15.9 Å². The van der Waals surface area contributed by atoms with Crippen LogP contribution in [0.25, 0.3) is 0 Å². The van der Waals surface area contributed by atoms with Crippen LogP contribution in [0.5, 0.6) is 0 Å². The number of piperidine rings is 1. The Morgan fingerprint density at radius 1 is 1.35 bits per heavy atom. The van der Waals surface area contributed by atoms with Gasteiger partial charge in [0.15, 0.2) is 0 Å². The van der Waals surface area contributed by atoms with Crippen molar-refractivity contribution in [3.63, 3.8) is 0 Å². The van der Waals surface area contributed by atoms with E-state index in [1.54, 1.807) is 0 Å². The molecule has 0 amide bonds. The molecule has 112 valence electrons. The SMILES string of the molecule is CN(C)C1CC(NC2NCC3OC(C#N)CC3C2Br)C1. The van der Waals surface area contributed by atoms with E-state index in [1.165, 1.54) is 12.8 Å². The van der Waals surface area contributed by atoms with Crippen molar-refractivity contribution in [2.24, 2.45) is 5.92 Å². The smallest absolute Gasteiger partial charge is 0.144 e. The zero-order valence-electron chi connectivity index (χ0n) is 12.1. The van der Waals surface area contributed by atoms with Gasteiger partial charge in [-0.2, -0.15) is 5.26 Å². The molecule has 3 rings (SSSR count). The van der Waals surface area contributed by atoms with Crippen LogP contribution in [0, 0.1) is 17.2 Å². The summed E-state index contributed by atoms with van der Waals surface area (Å²) < 4.78 is 5.74. The third kappa shape index (κ3) is 2.75. The maximum Gasteiger partial charge on any atom is 0.144 e. The average molecular weight is 343 g/mol. The largest absolute Gasteiger partial charge is 0.358 e. The molecule has 20 heavy (non-hydrogen) atoms. The Morgan fingerprint density at radius 2 is 2.10 bits per heavy atom. The van der Waals surface area contributed by atoms with Crippen LogP contribution in [0.3, 0.4) is 0 Å². The summed E-state index contributed by atoms with van der Waals surface area (Å²) in [5.74, 6) is 0.433. The maximum atomic E-state index is 9.01. The minimum atomic E-state index is -0.229. The molecule has 6 heteroatoms. The molecule has 5 unspecified atom stereocenters. The molecule has 1 aliphatic carbocycles. The highest BCUT2D eigenvalue weighted by Gasteiger charge is 2.46. The number of halogens is 1. The van der Waals surface area contributed by atoms with E-state index in [4.69, 9.17) is 10.00 Å². The third-order valence-corrected chi connectivity index (χ3v) is 6.18. The Kier molecular flexibility index (Phi) is 4.34. The monoisotopic (exact) mass is 342 g/mol. The third-order valence-electron chi connectivity index (χ3n) is 4.97. The second-order valence-electron chi connectivity index (χ2n) is 6.47. The van der Waals surface area contributed by atoms with Gasteiger partial charge in [0.2, 0.25) is 0 Å². The molecule has 5 atom stereocenters. The van der Waals surface area contributed by atoms with Gasteiger partial charge < -0.3 is 9.64 Å². The molecular weight excluding hydrogens is 320 g/mol. The lowest BCUT2D eigenvalue weighted by Gasteiger charge is -2.45. The number of nitrogens with zero attached hydrogens (tertiary/aromatic N) is 2. The van der Waals surface area contributed by atoms with E-state index in [1.807, 2.05) is 0 Å². The van der Waals surface area contributed by atoms with E-state index in [0.29, 0.717) is 16.8 Å². The van der Waals surface area contributed by atoms with Crippen molar-refractivity contribution in [2.75, 3.05) is 20.6 Å². The van der Waals surface area contributed by atoms with Gasteiger partial charge >= 0.3 is 0 Å². The number of nitriles is 1. The fourth-order valence-corrected chi connectivity index (χ4v) is 4.43. The van der Waals surface area contributed by atoms with E-state index in [-0.39, 0.29) is 18.4 Å². The second-order valence-corrected chi connectivity index (χ2v) is 7.53. The van der Waals surface area contributed by atoms with Crippen molar-refractivity contribution in [2.45, 2.75) is 54.5 Å². The zero-order valence-corrected chi connectivity index (χ0v) is 13.6. The number of hydrogen-bond donors (Lipinski definition) is 2. The van der Waals surface area contributed by atoms with E-state index < -0.39 is 0 Å². The highest BCUT2D eigenvalue weighted by Crippen LogP contribution is 2.36. The molecule has 0 aromatic rings. The van der Waals surface area contributed by atoms with Gasteiger partial charge in [-0.3, -0.25) is 10.6 Å². The first-order valence-corrected chi connectivity index (χ1v) is 8.35. The molecule has 2 saturated heterocycles. The van der Waals surface area contributed by atoms with Crippen LogP contribution in [-0.4, -0.2) is 60.8 Å². The minimum absolute atomic E-state index is 0.179. The van der Waals surface area contributed by atoms with Crippen LogP contribution in [0.4, 0.5) is 0 Å². The topological polar surface area (TPSA) is 60.3 Å². The summed E-state index contributed by atoms with van der Waals surface area (Å²) in [6.45, 7) is 0.840. The number of rotatable bonds is 3. The molecule has 2 heterocycles. The minimum Gasteiger partial charge on any atom is -0.358 e. The van der Waals surface area contributed by atoms with Crippen molar-refractivity contribution < 1.29 is 4.74 Å². The van der Waals surface area contributed by atoms with E-state index in [2.05, 4.69) is 51.6 Å². The van der Waals surface area contributed by atoms with Crippen LogP contribution in [-0.2, 0) is 4.74 Å². The lowest BCUT2D eigenvalue weighted by molar-refractivity contribution is 0.0366. The van der Waals surface area contributed by atoms with Gasteiger partial charge in [0.1, 0.15) is 6.10 Å². The van der Waals surface area contributed by atoms with Gasteiger partial charge in [-0.05, 0) is 33.4 Å². The quantitative estimate of drug-likeness (QED) is 0.738. The first kappa shape index (κ1) is 14.7. The normalized spacial score (nSPS) is 47.6. The molecule has 3 aliphatic rings. The number of fused-ring (bicyclic) bond motifs is 1. The molecule has 2 N–H and O–H groups in total. The highest BCUT2D eigenvalue weighted by atomic mass is 79.9. The highest BCUT2D eigenvalue weighted by molar-refractivity contribution is 9.09. The van der Waals surface area contributed by atoms with Gasteiger partial charge in [0.05, 0.1) is 18.3 Å².